The third-order valence-electron chi connectivity index (χ3n) is 6.79. The molecular formula is C27H27F3N8O3. The second kappa shape index (κ2) is 10.7. The highest BCUT2D eigenvalue weighted by Crippen LogP contribution is 2.37. The molecule has 1 amide bonds. The van der Waals surface area contributed by atoms with Crippen LogP contribution in [0.5, 0.6) is 0 Å². The first-order chi connectivity index (χ1) is 19.4. The maximum absolute atomic E-state index is 14.2. The van der Waals surface area contributed by atoms with Crippen molar-refractivity contribution in [3.05, 3.63) is 87.4 Å². The summed E-state index contributed by atoms with van der Waals surface area (Å²) in [5.74, 6) is 0.750. The summed E-state index contributed by atoms with van der Waals surface area (Å²) in [4.78, 5) is 32.2. The standard InChI is InChI=1S/C27H27F3N8O3/c1-14-11-37(12-15(2)41-14)25(39)18-5-7-19(8-6-18)31-16(3)20-9-21-23(10-22(20)27(28,29)30)32-17(4)38(26(21)40)13-24-33-35-36-34-24/h5-10,15-16,31H,1,11-13H2,2-4H3,(H,33,34,35,36)/t15-,16-/m0/s1. The number of nitrogens with one attached hydrogen (secondary N) is 2. The van der Waals surface area contributed by atoms with Gasteiger partial charge in [-0.05, 0) is 62.7 Å². The van der Waals surface area contributed by atoms with Crippen molar-refractivity contribution in [1.82, 2.24) is 35.1 Å². The van der Waals surface area contributed by atoms with Crippen LogP contribution in [0, 0.1) is 6.92 Å². The fraction of sp³-hybridized carbons (Fsp3) is 0.333. The Morgan fingerprint density at radius 3 is 2.63 bits per heavy atom. The topological polar surface area (TPSA) is 131 Å². The highest BCUT2D eigenvalue weighted by atomic mass is 19.4. The van der Waals surface area contributed by atoms with Gasteiger partial charge in [-0.1, -0.05) is 11.8 Å². The predicted molar refractivity (Wildman–Crippen MR) is 143 cm³/mol. The van der Waals surface area contributed by atoms with E-state index in [1.807, 2.05) is 6.92 Å². The molecule has 1 fully saturated rings. The summed E-state index contributed by atoms with van der Waals surface area (Å²) in [5.41, 5.74) is -0.694. The maximum Gasteiger partial charge on any atom is 0.416 e. The first kappa shape index (κ1) is 27.8. The summed E-state index contributed by atoms with van der Waals surface area (Å²) < 4.78 is 49.3. The molecule has 41 heavy (non-hydrogen) atoms. The summed E-state index contributed by atoms with van der Waals surface area (Å²) in [6.45, 7) is 9.40. The number of fused-ring (bicyclic) bond motifs is 1. The minimum absolute atomic E-state index is 0.0259. The molecule has 214 valence electrons. The van der Waals surface area contributed by atoms with Crippen molar-refractivity contribution >= 4 is 22.5 Å². The number of ether oxygens (including phenoxy) is 1. The van der Waals surface area contributed by atoms with Crippen molar-refractivity contribution in [3.63, 3.8) is 0 Å². The lowest BCUT2D eigenvalue weighted by atomic mass is 9.98. The van der Waals surface area contributed by atoms with E-state index in [-0.39, 0.29) is 53.2 Å². The number of H-pyrrole nitrogens is 1. The largest absolute Gasteiger partial charge is 0.492 e. The number of morpholine rings is 1. The SMILES string of the molecule is C=C1CN(C(=O)c2ccc(N[C@@H](C)c3cc4c(=O)n(Cc5nn[nH]n5)c(C)nc4cc3C(F)(F)F)cc2)C[C@H](C)O1. The van der Waals surface area contributed by atoms with Gasteiger partial charge in [-0.3, -0.25) is 14.2 Å². The van der Waals surface area contributed by atoms with E-state index in [0.717, 1.165) is 6.07 Å². The summed E-state index contributed by atoms with van der Waals surface area (Å²) in [5, 5.41) is 16.5. The van der Waals surface area contributed by atoms with Crippen LogP contribution in [0.3, 0.4) is 0 Å². The molecule has 1 aliphatic heterocycles. The van der Waals surface area contributed by atoms with E-state index in [2.05, 4.69) is 37.5 Å². The normalized spacial score (nSPS) is 16.5. The van der Waals surface area contributed by atoms with Gasteiger partial charge in [0.05, 0.1) is 36.1 Å². The number of nitrogens with zero attached hydrogens (tertiary/aromatic N) is 6. The molecule has 5 rings (SSSR count). The molecule has 0 unspecified atom stereocenters. The molecule has 2 atom stereocenters. The summed E-state index contributed by atoms with van der Waals surface area (Å²) in [6.07, 6.45) is -4.86. The van der Waals surface area contributed by atoms with Gasteiger partial charge in [-0.15, -0.1) is 10.2 Å². The number of aromatic nitrogens is 6. The van der Waals surface area contributed by atoms with Crippen molar-refractivity contribution in [2.24, 2.45) is 0 Å². The Morgan fingerprint density at radius 1 is 1.27 bits per heavy atom. The quantitative estimate of drug-likeness (QED) is 0.359. The molecule has 0 bridgehead atoms. The molecule has 0 saturated carbocycles. The second-order valence-corrected chi connectivity index (χ2v) is 9.93. The molecule has 11 nitrogen and oxygen atoms in total. The lowest BCUT2D eigenvalue weighted by molar-refractivity contribution is -0.138. The molecular weight excluding hydrogens is 541 g/mol. The molecule has 3 heterocycles. The third kappa shape index (κ3) is 5.76. The van der Waals surface area contributed by atoms with Crippen LogP contribution in [0.15, 0.2) is 53.5 Å². The monoisotopic (exact) mass is 568 g/mol. The third-order valence-corrected chi connectivity index (χ3v) is 6.79. The molecule has 0 aliphatic carbocycles. The van der Waals surface area contributed by atoms with E-state index >= 15 is 0 Å². The van der Waals surface area contributed by atoms with Crippen LogP contribution in [0.4, 0.5) is 18.9 Å². The molecule has 2 aromatic carbocycles. The molecule has 2 N–H and O–H groups in total. The summed E-state index contributed by atoms with van der Waals surface area (Å²) >= 11 is 0. The highest BCUT2D eigenvalue weighted by molar-refractivity contribution is 5.94. The minimum atomic E-state index is -4.69. The Bertz CT molecular complexity index is 1670. The zero-order valence-corrected chi connectivity index (χ0v) is 22.5. The van der Waals surface area contributed by atoms with Gasteiger partial charge in [0.15, 0.2) is 5.82 Å². The molecule has 14 heteroatoms. The van der Waals surface area contributed by atoms with Crippen LogP contribution in [0.25, 0.3) is 10.9 Å². The van der Waals surface area contributed by atoms with Crippen molar-refractivity contribution < 1.29 is 22.7 Å². The Balaban J connectivity index is 1.44. The zero-order chi connectivity index (χ0) is 29.5. The zero-order valence-electron chi connectivity index (χ0n) is 22.5. The predicted octanol–water partition coefficient (Wildman–Crippen LogP) is 3.83. The average Bonchev–Trinajstić information content (AvgIpc) is 3.43. The number of aromatic amines is 1. The minimum Gasteiger partial charge on any atom is -0.492 e. The van der Waals surface area contributed by atoms with E-state index in [1.165, 1.54) is 17.6 Å². The molecule has 1 aliphatic rings. The van der Waals surface area contributed by atoms with Crippen LogP contribution >= 0.6 is 0 Å². The second-order valence-electron chi connectivity index (χ2n) is 9.93. The number of halogens is 3. The Kier molecular flexibility index (Phi) is 7.24. The van der Waals surface area contributed by atoms with Crippen LogP contribution in [0.1, 0.15) is 53.0 Å². The van der Waals surface area contributed by atoms with Crippen LogP contribution in [-0.2, 0) is 17.5 Å². The highest BCUT2D eigenvalue weighted by Gasteiger charge is 2.36. The fourth-order valence-electron chi connectivity index (χ4n) is 4.90. The number of tetrazole rings is 1. The number of carbonyl (C=O) groups is 1. The maximum atomic E-state index is 14.2. The number of hydrogen-bond acceptors (Lipinski definition) is 8. The van der Waals surface area contributed by atoms with Gasteiger partial charge in [-0.25, -0.2) is 4.98 Å². The van der Waals surface area contributed by atoms with Crippen LogP contribution < -0.4 is 10.9 Å². The van der Waals surface area contributed by atoms with E-state index in [1.54, 1.807) is 36.1 Å². The fourth-order valence-corrected chi connectivity index (χ4v) is 4.90. The van der Waals surface area contributed by atoms with E-state index < -0.39 is 23.3 Å². The Hall–Kier alpha value is -4.75. The number of hydrogen-bond donors (Lipinski definition) is 2. The van der Waals surface area contributed by atoms with Crippen LogP contribution in [-0.4, -0.2) is 60.2 Å². The smallest absolute Gasteiger partial charge is 0.416 e. The average molecular weight is 569 g/mol. The van der Waals surface area contributed by atoms with E-state index in [0.29, 0.717) is 23.6 Å². The van der Waals surface area contributed by atoms with Gasteiger partial charge in [0.2, 0.25) is 0 Å². The number of amides is 1. The van der Waals surface area contributed by atoms with E-state index in [4.69, 9.17) is 4.74 Å². The van der Waals surface area contributed by atoms with Crippen molar-refractivity contribution in [2.75, 3.05) is 18.4 Å². The Morgan fingerprint density at radius 2 is 2.00 bits per heavy atom. The van der Waals surface area contributed by atoms with Gasteiger partial charge in [0.1, 0.15) is 17.7 Å². The number of rotatable bonds is 6. The summed E-state index contributed by atoms with van der Waals surface area (Å²) in [6, 6.07) is 7.73. The molecule has 1 saturated heterocycles. The van der Waals surface area contributed by atoms with Crippen molar-refractivity contribution in [3.8, 4) is 0 Å². The van der Waals surface area contributed by atoms with E-state index in [9.17, 15) is 22.8 Å². The van der Waals surface area contributed by atoms with Gasteiger partial charge < -0.3 is 15.0 Å². The number of alkyl halides is 3. The number of anilines is 1. The number of aryl methyl sites for hydroxylation is 1. The van der Waals surface area contributed by atoms with Gasteiger partial charge >= 0.3 is 6.18 Å². The van der Waals surface area contributed by atoms with Crippen molar-refractivity contribution in [1.29, 1.82) is 0 Å². The molecule has 2 aromatic heterocycles. The number of benzene rings is 2. The summed E-state index contributed by atoms with van der Waals surface area (Å²) in [7, 11) is 0. The molecule has 4 aromatic rings. The lowest BCUT2D eigenvalue weighted by Gasteiger charge is -2.33. The first-order valence-corrected chi connectivity index (χ1v) is 12.8. The lowest BCUT2D eigenvalue weighted by Crippen LogP contribution is -2.43. The van der Waals surface area contributed by atoms with Crippen LogP contribution in [0.2, 0.25) is 0 Å². The molecule has 0 spiro atoms. The van der Waals surface area contributed by atoms with Gasteiger partial charge in [0, 0.05) is 17.3 Å². The first-order valence-electron chi connectivity index (χ1n) is 12.8. The number of carbonyl (C=O) groups excluding carboxylic acids is 1. The van der Waals surface area contributed by atoms with Crippen molar-refractivity contribution in [2.45, 2.75) is 45.6 Å². The molecule has 0 radical (unpaired) electrons. The van der Waals surface area contributed by atoms with Gasteiger partial charge in [-0.2, -0.15) is 18.4 Å². The Labute approximate surface area is 232 Å². The van der Waals surface area contributed by atoms with Gasteiger partial charge in [0.25, 0.3) is 11.5 Å².